The maximum absolute atomic E-state index is 12.1. The number of furan rings is 1. The predicted octanol–water partition coefficient (Wildman–Crippen LogP) is 3.39. The van der Waals surface area contributed by atoms with Crippen molar-refractivity contribution in [2.45, 2.75) is 6.54 Å². The topological polar surface area (TPSA) is 85.6 Å². The Balaban J connectivity index is 1.41. The molecular weight excluding hydrogens is 322 g/mol. The second-order valence-corrected chi connectivity index (χ2v) is 5.36. The number of anilines is 1. The van der Waals surface area contributed by atoms with E-state index in [1.807, 2.05) is 18.2 Å². The molecule has 7 nitrogen and oxygen atoms in total. The van der Waals surface area contributed by atoms with Gasteiger partial charge in [-0.3, -0.25) is 4.98 Å². The fourth-order valence-electron chi connectivity index (χ4n) is 2.54. The van der Waals surface area contributed by atoms with Gasteiger partial charge >= 0.3 is 6.03 Å². The standard InChI is InChI=1S/C18H15N3O4/c22-18(21-13-5-6-14-16(9-13)25-11-24-14)20-10-12-3-1-7-19-17(12)15-4-2-8-23-15/h1-9H,10-11H2,(H2,20,21,22). The quantitative estimate of drug-likeness (QED) is 0.762. The lowest BCUT2D eigenvalue weighted by Crippen LogP contribution is -2.28. The Hall–Kier alpha value is -3.48. The summed E-state index contributed by atoms with van der Waals surface area (Å²) in [6, 6.07) is 12.3. The van der Waals surface area contributed by atoms with Gasteiger partial charge in [0.15, 0.2) is 17.3 Å². The van der Waals surface area contributed by atoms with E-state index in [9.17, 15) is 4.79 Å². The van der Waals surface area contributed by atoms with E-state index >= 15 is 0 Å². The number of nitrogens with zero attached hydrogens (tertiary/aromatic N) is 1. The monoisotopic (exact) mass is 337 g/mol. The van der Waals surface area contributed by atoms with Crippen LogP contribution in [0.4, 0.5) is 10.5 Å². The van der Waals surface area contributed by atoms with E-state index in [0.717, 1.165) is 5.56 Å². The first-order valence-corrected chi connectivity index (χ1v) is 7.72. The summed E-state index contributed by atoms with van der Waals surface area (Å²) in [6.07, 6.45) is 3.28. The average Bonchev–Trinajstić information content (AvgIpc) is 3.31. The summed E-state index contributed by atoms with van der Waals surface area (Å²) in [5.41, 5.74) is 2.19. The Bertz CT molecular complexity index is 893. The van der Waals surface area contributed by atoms with Crippen molar-refractivity contribution in [2.75, 3.05) is 12.1 Å². The average molecular weight is 337 g/mol. The highest BCUT2D eigenvalue weighted by Crippen LogP contribution is 2.34. The van der Waals surface area contributed by atoms with Crippen LogP contribution < -0.4 is 20.1 Å². The Morgan fingerprint density at radius 1 is 1.12 bits per heavy atom. The molecule has 0 fully saturated rings. The molecule has 3 aromatic rings. The molecule has 1 aliphatic heterocycles. The molecule has 4 rings (SSSR count). The Morgan fingerprint density at radius 3 is 2.92 bits per heavy atom. The first kappa shape index (κ1) is 15.1. The lowest BCUT2D eigenvalue weighted by atomic mass is 10.1. The highest BCUT2D eigenvalue weighted by molar-refractivity contribution is 5.89. The van der Waals surface area contributed by atoms with E-state index in [0.29, 0.717) is 35.2 Å². The van der Waals surface area contributed by atoms with Gasteiger partial charge < -0.3 is 24.5 Å². The van der Waals surface area contributed by atoms with Crippen molar-refractivity contribution in [1.29, 1.82) is 0 Å². The minimum atomic E-state index is -0.326. The number of carbonyl (C=O) groups excluding carboxylic acids is 1. The smallest absolute Gasteiger partial charge is 0.319 e. The Morgan fingerprint density at radius 2 is 2.04 bits per heavy atom. The number of nitrogens with one attached hydrogen (secondary N) is 2. The maximum Gasteiger partial charge on any atom is 0.319 e. The van der Waals surface area contributed by atoms with Crippen LogP contribution >= 0.6 is 0 Å². The number of carbonyl (C=O) groups is 1. The van der Waals surface area contributed by atoms with Crippen LogP contribution in [0.25, 0.3) is 11.5 Å². The summed E-state index contributed by atoms with van der Waals surface area (Å²) in [5, 5.41) is 5.58. The second-order valence-electron chi connectivity index (χ2n) is 5.36. The lowest BCUT2D eigenvalue weighted by molar-refractivity contribution is 0.174. The van der Waals surface area contributed by atoms with E-state index in [-0.39, 0.29) is 12.8 Å². The number of rotatable bonds is 4. The Labute approximate surface area is 143 Å². The number of benzene rings is 1. The fraction of sp³-hybridized carbons (Fsp3) is 0.111. The minimum absolute atomic E-state index is 0.196. The summed E-state index contributed by atoms with van der Waals surface area (Å²) in [6.45, 7) is 0.516. The van der Waals surface area contributed by atoms with E-state index in [2.05, 4.69) is 15.6 Å². The molecule has 0 atom stereocenters. The predicted molar refractivity (Wildman–Crippen MR) is 90.4 cm³/mol. The largest absolute Gasteiger partial charge is 0.463 e. The Kier molecular flexibility index (Phi) is 3.96. The molecule has 0 radical (unpaired) electrons. The highest BCUT2D eigenvalue weighted by atomic mass is 16.7. The molecule has 2 aromatic heterocycles. The third kappa shape index (κ3) is 3.25. The number of amides is 2. The van der Waals surface area contributed by atoms with Gasteiger partial charge in [0, 0.05) is 30.1 Å². The van der Waals surface area contributed by atoms with Crippen LogP contribution in [-0.2, 0) is 6.54 Å². The summed E-state index contributed by atoms with van der Waals surface area (Å²) in [7, 11) is 0. The van der Waals surface area contributed by atoms with Gasteiger partial charge in [0.2, 0.25) is 6.79 Å². The van der Waals surface area contributed by atoms with Gasteiger partial charge in [-0.2, -0.15) is 0 Å². The molecule has 1 aliphatic rings. The van der Waals surface area contributed by atoms with Crippen LogP contribution in [-0.4, -0.2) is 17.8 Å². The van der Waals surface area contributed by atoms with Gasteiger partial charge in [0.1, 0.15) is 5.69 Å². The summed E-state index contributed by atoms with van der Waals surface area (Å²) >= 11 is 0. The molecule has 0 bridgehead atoms. The van der Waals surface area contributed by atoms with E-state index in [1.165, 1.54) is 0 Å². The van der Waals surface area contributed by atoms with Crippen LogP contribution in [0.3, 0.4) is 0 Å². The van der Waals surface area contributed by atoms with Crippen molar-refractivity contribution in [3.8, 4) is 23.0 Å². The molecule has 0 unspecified atom stereocenters. The number of pyridine rings is 1. The number of urea groups is 1. The molecule has 25 heavy (non-hydrogen) atoms. The normalized spacial score (nSPS) is 12.0. The van der Waals surface area contributed by atoms with Gasteiger partial charge in [0.25, 0.3) is 0 Å². The van der Waals surface area contributed by atoms with Crippen LogP contribution in [0.15, 0.2) is 59.3 Å². The molecule has 0 spiro atoms. The summed E-state index contributed by atoms with van der Waals surface area (Å²) in [5.74, 6) is 1.95. The number of hydrogen-bond donors (Lipinski definition) is 2. The first-order valence-electron chi connectivity index (χ1n) is 7.72. The minimum Gasteiger partial charge on any atom is -0.463 e. The van der Waals surface area contributed by atoms with Crippen molar-refractivity contribution in [2.24, 2.45) is 0 Å². The van der Waals surface area contributed by atoms with E-state index in [1.54, 1.807) is 36.7 Å². The molecule has 126 valence electrons. The molecule has 0 aliphatic carbocycles. The third-order valence-corrected chi connectivity index (χ3v) is 3.72. The summed E-state index contributed by atoms with van der Waals surface area (Å²) in [4.78, 5) is 16.5. The van der Waals surface area contributed by atoms with Gasteiger partial charge in [-0.15, -0.1) is 0 Å². The van der Waals surface area contributed by atoms with Crippen molar-refractivity contribution >= 4 is 11.7 Å². The molecule has 0 saturated heterocycles. The zero-order chi connectivity index (χ0) is 17.1. The van der Waals surface area contributed by atoms with Crippen molar-refractivity contribution in [3.63, 3.8) is 0 Å². The third-order valence-electron chi connectivity index (χ3n) is 3.72. The molecule has 2 N–H and O–H groups in total. The SMILES string of the molecule is O=C(NCc1cccnc1-c1ccco1)Nc1ccc2c(c1)OCO2. The number of hydrogen-bond acceptors (Lipinski definition) is 5. The van der Waals surface area contributed by atoms with Gasteiger partial charge in [-0.1, -0.05) is 6.07 Å². The van der Waals surface area contributed by atoms with E-state index < -0.39 is 0 Å². The van der Waals surface area contributed by atoms with Crippen molar-refractivity contribution < 1.29 is 18.7 Å². The number of ether oxygens (including phenoxy) is 2. The zero-order valence-corrected chi connectivity index (χ0v) is 13.2. The van der Waals surface area contributed by atoms with Gasteiger partial charge in [-0.05, 0) is 30.3 Å². The van der Waals surface area contributed by atoms with Gasteiger partial charge in [0.05, 0.1) is 6.26 Å². The first-order chi connectivity index (χ1) is 12.3. The lowest BCUT2D eigenvalue weighted by Gasteiger charge is -2.10. The van der Waals surface area contributed by atoms with E-state index in [4.69, 9.17) is 13.9 Å². The fourth-order valence-corrected chi connectivity index (χ4v) is 2.54. The van der Waals surface area contributed by atoms with Crippen molar-refractivity contribution in [1.82, 2.24) is 10.3 Å². The maximum atomic E-state index is 12.1. The summed E-state index contributed by atoms with van der Waals surface area (Å²) < 4.78 is 15.9. The van der Waals surface area contributed by atoms with Crippen LogP contribution in [0, 0.1) is 0 Å². The highest BCUT2D eigenvalue weighted by Gasteiger charge is 2.14. The molecule has 7 heteroatoms. The van der Waals surface area contributed by atoms with Crippen LogP contribution in [0.1, 0.15) is 5.56 Å². The number of aromatic nitrogens is 1. The molecule has 2 amide bonds. The van der Waals surface area contributed by atoms with Crippen molar-refractivity contribution in [3.05, 3.63) is 60.5 Å². The molecule has 3 heterocycles. The zero-order valence-electron chi connectivity index (χ0n) is 13.2. The van der Waals surface area contributed by atoms with Crippen LogP contribution in [0.2, 0.25) is 0 Å². The molecule has 1 aromatic carbocycles. The second kappa shape index (κ2) is 6.56. The van der Waals surface area contributed by atoms with Crippen LogP contribution in [0.5, 0.6) is 11.5 Å². The number of fused-ring (bicyclic) bond motifs is 1. The molecule has 0 saturated carbocycles. The molecular formula is C18H15N3O4. The van der Waals surface area contributed by atoms with Gasteiger partial charge in [-0.25, -0.2) is 4.79 Å².